The van der Waals surface area contributed by atoms with Gasteiger partial charge >= 0.3 is 0 Å². The average Bonchev–Trinajstić information content (AvgIpc) is 2.74. The molecule has 170 valence electrons. The number of aliphatic imine (C=N–C) groups is 1. The number of nitrogens with zero attached hydrogens (tertiary/aromatic N) is 2. The Kier molecular flexibility index (Phi) is 12.4. The van der Waals surface area contributed by atoms with Crippen LogP contribution >= 0.6 is 0 Å². The summed E-state index contributed by atoms with van der Waals surface area (Å²) in [5.41, 5.74) is 3.78. The van der Waals surface area contributed by atoms with Crippen LogP contribution in [-0.4, -0.2) is 36.8 Å². The lowest BCUT2D eigenvalue weighted by atomic mass is 9.72. The number of rotatable bonds is 13. The van der Waals surface area contributed by atoms with Crippen LogP contribution in [0.3, 0.4) is 0 Å². The molecule has 1 rings (SSSR count). The highest BCUT2D eigenvalue weighted by Crippen LogP contribution is 2.42. The maximum Gasteiger partial charge on any atom is 0.0394 e. The summed E-state index contributed by atoms with van der Waals surface area (Å²) in [7, 11) is 0. The lowest BCUT2D eigenvalue weighted by Crippen LogP contribution is -2.35. The van der Waals surface area contributed by atoms with E-state index in [-0.39, 0.29) is 0 Å². The van der Waals surface area contributed by atoms with E-state index >= 15 is 0 Å². The Labute approximate surface area is 183 Å². The number of allylic oxidation sites excluding steroid dienone is 2. The molecule has 1 aliphatic heterocycles. The highest BCUT2D eigenvalue weighted by atomic mass is 15.1. The maximum atomic E-state index is 4.97. The molecule has 2 nitrogen and oxygen atoms in total. The molecule has 0 N–H and O–H groups in total. The molecule has 0 radical (unpaired) electrons. The van der Waals surface area contributed by atoms with Crippen LogP contribution in [0, 0.1) is 10.8 Å². The zero-order chi connectivity index (χ0) is 21.8. The smallest absolute Gasteiger partial charge is 0.0394 e. The fraction of sp³-hybridized carbons (Fsp3) is 0.889. The van der Waals surface area contributed by atoms with Crippen LogP contribution in [0.5, 0.6) is 0 Å². The van der Waals surface area contributed by atoms with Crippen molar-refractivity contribution in [2.24, 2.45) is 15.8 Å². The molecule has 0 aliphatic carbocycles. The molecule has 0 spiro atoms. The minimum atomic E-state index is 0.400. The van der Waals surface area contributed by atoms with Gasteiger partial charge in [-0.05, 0) is 95.6 Å². The van der Waals surface area contributed by atoms with E-state index in [0.29, 0.717) is 10.8 Å². The Bertz CT molecular complexity index is 503. The largest absolute Gasteiger partial charge is 0.303 e. The van der Waals surface area contributed by atoms with E-state index in [1.54, 1.807) is 5.57 Å². The molecule has 29 heavy (non-hydrogen) atoms. The van der Waals surface area contributed by atoms with Crippen LogP contribution in [0.2, 0.25) is 0 Å². The van der Waals surface area contributed by atoms with Crippen molar-refractivity contribution in [3.8, 4) is 0 Å². The van der Waals surface area contributed by atoms with Crippen molar-refractivity contribution >= 4 is 5.71 Å². The molecule has 2 heteroatoms. The van der Waals surface area contributed by atoms with Crippen LogP contribution in [0.1, 0.15) is 119 Å². The van der Waals surface area contributed by atoms with Crippen molar-refractivity contribution in [1.82, 2.24) is 4.90 Å². The van der Waals surface area contributed by atoms with Crippen molar-refractivity contribution < 1.29 is 0 Å². The first-order chi connectivity index (χ1) is 13.7. The van der Waals surface area contributed by atoms with Crippen molar-refractivity contribution in [3.63, 3.8) is 0 Å². The third kappa shape index (κ3) is 12.0. The van der Waals surface area contributed by atoms with Crippen LogP contribution in [0.25, 0.3) is 0 Å². The topological polar surface area (TPSA) is 15.6 Å². The zero-order valence-corrected chi connectivity index (χ0v) is 21.1. The number of unbranched alkanes of at least 4 members (excludes halogenated alkanes) is 3. The van der Waals surface area contributed by atoms with Gasteiger partial charge in [-0.1, -0.05) is 59.1 Å². The first-order valence-corrected chi connectivity index (χ1v) is 12.6. The number of hydrogen-bond acceptors (Lipinski definition) is 2. The van der Waals surface area contributed by atoms with Crippen LogP contribution in [0.4, 0.5) is 0 Å². The van der Waals surface area contributed by atoms with Crippen molar-refractivity contribution in [3.05, 3.63) is 11.6 Å². The van der Waals surface area contributed by atoms with E-state index < -0.39 is 0 Å². The number of hydrogen-bond donors (Lipinski definition) is 0. The second kappa shape index (κ2) is 13.6. The van der Waals surface area contributed by atoms with Gasteiger partial charge in [0.05, 0.1) is 0 Å². The van der Waals surface area contributed by atoms with E-state index in [0.717, 1.165) is 13.0 Å². The lowest BCUT2D eigenvalue weighted by molar-refractivity contribution is 0.150. The molecule has 0 bridgehead atoms. The SMILES string of the molecule is CCCCCC(C)=CCCCC(C)=NCCC1(C)CN(CCC)CCC(C)(C)C1. The van der Waals surface area contributed by atoms with Gasteiger partial charge in [-0.15, -0.1) is 0 Å². The second-order valence-electron chi connectivity index (χ2n) is 10.9. The quantitative estimate of drug-likeness (QED) is 0.172. The van der Waals surface area contributed by atoms with Gasteiger partial charge in [0, 0.05) is 18.8 Å². The monoisotopic (exact) mass is 404 g/mol. The number of likely N-dealkylation sites (tertiary alicyclic amines) is 1. The summed E-state index contributed by atoms with van der Waals surface area (Å²) in [5.74, 6) is 0. The van der Waals surface area contributed by atoms with E-state index in [9.17, 15) is 0 Å². The van der Waals surface area contributed by atoms with Crippen molar-refractivity contribution in [2.45, 2.75) is 119 Å². The molecule has 1 unspecified atom stereocenters. The Hall–Kier alpha value is -0.630. The zero-order valence-electron chi connectivity index (χ0n) is 21.1. The molecule has 1 atom stereocenters. The molecule has 1 saturated heterocycles. The third-order valence-electron chi connectivity index (χ3n) is 6.66. The van der Waals surface area contributed by atoms with Gasteiger partial charge in [0.1, 0.15) is 0 Å². The molecule has 0 saturated carbocycles. The summed E-state index contributed by atoms with van der Waals surface area (Å²) in [6, 6.07) is 0. The minimum Gasteiger partial charge on any atom is -0.303 e. The molecule has 1 aliphatic rings. The van der Waals surface area contributed by atoms with Gasteiger partial charge in [0.2, 0.25) is 0 Å². The Morgan fingerprint density at radius 1 is 1.00 bits per heavy atom. The highest BCUT2D eigenvalue weighted by Gasteiger charge is 2.36. The van der Waals surface area contributed by atoms with E-state index in [1.807, 2.05) is 0 Å². The first kappa shape index (κ1) is 26.4. The lowest BCUT2D eigenvalue weighted by Gasteiger charge is -2.36. The molecule has 1 heterocycles. The first-order valence-electron chi connectivity index (χ1n) is 12.6. The van der Waals surface area contributed by atoms with Crippen LogP contribution < -0.4 is 0 Å². The minimum absolute atomic E-state index is 0.400. The van der Waals surface area contributed by atoms with Crippen molar-refractivity contribution in [2.75, 3.05) is 26.2 Å². The average molecular weight is 405 g/mol. The standard InChI is InChI=1S/C27H52N2/c1-8-10-11-14-24(3)15-12-13-16-25(4)28-19-17-27(7)22-26(5,6)18-21-29(23-27)20-9-2/h15H,8-14,16-23H2,1-7H3. The molecular weight excluding hydrogens is 352 g/mol. The Morgan fingerprint density at radius 3 is 2.45 bits per heavy atom. The maximum absolute atomic E-state index is 4.97. The molecule has 1 fully saturated rings. The molecule has 0 amide bonds. The van der Waals surface area contributed by atoms with Crippen LogP contribution in [-0.2, 0) is 0 Å². The van der Waals surface area contributed by atoms with E-state index in [2.05, 4.69) is 59.4 Å². The Morgan fingerprint density at radius 2 is 1.76 bits per heavy atom. The fourth-order valence-corrected chi connectivity index (χ4v) is 5.11. The Balaban J connectivity index is 2.41. The van der Waals surface area contributed by atoms with E-state index in [4.69, 9.17) is 4.99 Å². The van der Waals surface area contributed by atoms with E-state index in [1.165, 1.54) is 89.6 Å². The summed E-state index contributed by atoms with van der Waals surface area (Å²) in [5, 5.41) is 0. The summed E-state index contributed by atoms with van der Waals surface area (Å²) < 4.78 is 0. The molecule has 0 aromatic carbocycles. The fourth-order valence-electron chi connectivity index (χ4n) is 5.11. The normalized spacial score (nSPS) is 24.0. The summed E-state index contributed by atoms with van der Waals surface area (Å²) in [4.78, 5) is 7.68. The summed E-state index contributed by atoms with van der Waals surface area (Å²) in [6.07, 6.45) is 16.5. The molecule has 0 aromatic rings. The highest BCUT2D eigenvalue weighted by molar-refractivity contribution is 5.81. The summed E-state index contributed by atoms with van der Waals surface area (Å²) >= 11 is 0. The van der Waals surface area contributed by atoms with Crippen molar-refractivity contribution in [1.29, 1.82) is 0 Å². The van der Waals surface area contributed by atoms with Gasteiger partial charge in [0.15, 0.2) is 0 Å². The van der Waals surface area contributed by atoms with Gasteiger partial charge in [-0.3, -0.25) is 4.99 Å². The summed E-state index contributed by atoms with van der Waals surface area (Å²) in [6.45, 7) is 21.3. The van der Waals surface area contributed by atoms with Gasteiger partial charge in [-0.25, -0.2) is 0 Å². The van der Waals surface area contributed by atoms with Gasteiger partial charge in [-0.2, -0.15) is 0 Å². The second-order valence-corrected chi connectivity index (χ2v) is 10.9. The predicted octanol–water partition coefficient (Wildman–Crippen LogP) is 8.07. The van der Waals surface area contributed by atoms with Gasteiger partial charge in [0.25, 0.3) is 0 Å². The van der Waals surface area contributed by atoms with Gasteiger partial charge < -0.3 is 4.90 Å². The molecular formula is C27H52N2. The third-order valence-corrected chi connectivity index (χ3v) is 6.66. The van der Waals surface area contributed by atoms with Crippen LogP contribution in [0.15, 0.2) is 16.6 Å². The molecule has 0 aromatic heterocycles. The predicted molar refractivity (Wildman–Crippen MR) is 132 cm³/mol.